The third kappa shape index (κ3) is 4.73. The summed E-state index contributed by atoms with van der Waals surface area (Å²) < 4.78 is 43.9. The third-order valence-electron chi connectivity index (χ3n) is 4.97. The largest absolute Gasteiger partial charge is 0.441 e. The number of oxazole rings is 1. The molecule has 0 unspecified atom stereocenters. The Labute approximate surface area is 161 Å². The molecule has 2 heterocycles. The van der Waals surface area contributed by atoms with Crippen LogP contribution >= 0.6 is 0 Å². The van der Waals surface area contributed by atoms with Gasteiger partial charge >= 0.3 is 6.18 Å². The molecule has 8 heteroatoms. The monoisotopic (exact) mass is 395 g/mol. The molecule has 1 saturated heterocycles. The first kappa shape index (κ1) is 20.4. The number of benzene rings is 1. The topological polar surface area (TPSA) is 58.4 Å². The van der Waals surface area contributed by atoms with Crippen molar-refractivity contribution in [1.29, 1.82) is 0 Å². The lowest BCUT2D eigenvalue weighted by Crippen LogP contribution is -2.41. The smallest absolute Gasteiger partial charge is 0.416 e. The van der Waals surface area contributed by atoms with Crippen molar-refractivity contribution in [2.75, 3.05) is 6.54 Å². The summed E-state index contributed by atoms with van der Waals surface area (Å²) in [6.45, 7) is 7.20. The maximum atomic E-state index is 12.7. The van der Waals surface area contributed by atoms with Gasteiger partial charge in [-0.25, -0.2) is 4.98 Å². The van der Waals surface area contributed by atoms with E-state index >= 15 is 0 Å². The summed E-state index contributed by atoms with van der Waals surface area (Å²) >= 11 is 0. The summed E-state index contributed by atoms with van der Waals surface area (Å²) in [5.74, 6) is 1.02. The average molecular weight is 395 g/mol. The lowest BCUT2D eigenvalue weighted by atomic mass is 10.1. The van der Waals surface area contributed by atoms with Gasteiger partial charge in [-0.2, -0.15) is 13.2 Å². The highest BCUT2D eigenvalue weighted by molar-refractivity contribution is 5.78. The number of hydrogen-bond acceptors (Lipinski definition) is 4. The average Bonchev–Trinajstić information content (AvgIpc) is 3.19. The quantitative estimate of drug-likeness (QED) is 0.798. The highest BCUT2D eigenvalue weighted by Crippen LogP contribution is 2.31. The fraction of sp³-hybridized carbons (Fsp3) is 0.500. The van der Waals surface area contributed by atoms with E-state index in [1.54, 1.807) is 6.92 Å². The van der Waals surface area contributed by atoms with Crippen LogP contribution in [0.2, 0.25) is 0 Å². The lowest BCUT2D eigenvalue weighted by Gasteiger charge is -2.28. The number of aryl methyl sites for hydroxylation is 1. The first-order valence-corrected chi connectivity index (χ1v) is 9.31. The van der Waals surface area contributed by atoms with Crippen molar-refractivity contribution in [2.45, 2.75) is 58.4 Å². The number of hydrogen-bond donors (Lipinski definition) is 1. The van der Waals surface area contributed by atoms with E-state index in [-0.39, 0.29) is 18.0 Å². The van der Waals surface area contributed by atoms with Gasteiger partial charge in [0.15, 0.2) is 0 Å². The van der Waals surface area contributed by atoms with Crippen LogP contribution in [0.25, 0.3) is 11.5 Å². The lowest BCUT2D eigenvalue weighted by molar-refractivity contribution is -0.137. The summed E-state index contributed by atoms with van der Waals surface area (Å²) in [5, 5.41) is 2.97. The summed E-state index contributed by atoms with van der Waals surface area (Å²) in [6, 6.07) is 5.15. The van der Waals surface area contributed by atoms with Gasteiger partial charge in [-0.3, -0.25) is 9.69 Å². The van der Waals surface area contributed by atoms with E-state index in [9.17, 15) is 18.0 Å². The van der Waals surface area contributed by atoms with Gasteiger partial charge in [0.05, 0.1) is 11.3 Å². The zero-order valence-electron chi connectivity index (χ0n) is 16.1. The molecule has 1 fully saturated rings. The molecule has 5 nitrogen and oxygen atoms in total. The van der Waals surface area contributed by atoms with Gasteiger partial charge in [0, 0.05) is 37.2 Å². The number of aromatic nitrogens is 1. The number of alkyl halides is 3. The Morgan fingerprint density at radius 3 is 2.50 bits per heavy atom. The molecule has 1 amide bonds. The summed E-state index contributed by atoms with van der Waals surface area (Å²) in [6.07, 6.45) is -3.00. The minimum Gasteiger partial charge on any atom is -0.441 e. The number of nitrogens with zero attached hydrogens (tertiary/aromatic N) is 2. The van der Waals surface area contributed by atoms with Crippen LogP contribution in [0.15, 0.2) is 28.7 Å². The minimum atomic E-state index is -4.37. The molecule has 0 bridgehead atoms. The van der Waals surface area contributed by atoms with Gasteiger partial charge in [0.1, 0.15) is 5.76 Å². The molecule has 1 aliphatic rings. The molecule has 0 aliphatic carbocycles. The molecular weight excluding hydrogens is 371 g/mol. The molecule has 0 spiro atoms. The van der Waals surface area contributed by atoms with Gasteiger partial charge in [0.25, 0.3) is 0 Å². The molecule has 1 aromatic heterocycles. The van der Waals surface area contributed by atoms with Crippen LogP contribution < -0.4 is 5.32 Å². The van der Waals surface area contributed by atoms with Crippen LogP contribution in [0.3, 0.4) is 0 Å². The number of carbonyl (C=O) groups excluding carboxylic acids is 1. The van der Waals surface area contributed by atoms with Gasteiger partial charge in [-0.1, -0.05) is 0 Å². The van der Waals surface area contributed by atoms with Crippen molar-refractivity contribution in [3.05, 3.63) is 41.3 Å². The van der Waals surface area contributed by atoms with E-state index < -0.39 is 11.7 Å². The Morgan fingerprint density at radius 1 is 1.29 bits per heavy atom. The van der Waals surface area contributed by atoms with Crippen molar-refractivity contribution in [1.82, 2.24) is 15.2 Å². The van der Waals surface area contributed by atoms with Crippen LogP contribution in [0.1, 0.15) is 43.7 Å². The predicted octanol–water partition coefficient (Wildman–Crippen LogP) is 4.16. The van der Waals surface area contributed by atoms with Crippen LogP contribution in [0, 0.1) is 6.92 Å². The van der Waals surface area contributed by atoms with Crippen molar-refractivity contribution < 1.29 is 22.4 Å². The van der Waals surface area contributed by atoms with Crippen LogP contribution in [-0.4, -0.2) is 34.4 Å². The fourth-order valence-corrected chi connectivity index (χ4v) is 3.25. The normalized spacial score (nSPS) is 17.6. The van der Waals surface area contributed by atoms with Crippen molar-refractivity contribution >= 4 is 5.91 Å². The number of carbonyl (C=O) groups is 1. The molecule has 1 atom stereocenters. The maximum absolute atomic E-state index is 12.7. The van der Waals surface area contributed by atoms with E-state index in [2.05, 4.69) is 29.0 Å². The number of rotatable bonds is 6. The minimum absolute atomic E-state index is 0.0795. The third-order valence-corrected chi connectivity index (χ3v) is 4.97. The van der Waals surface area contributed by atoms with Crippen molar-refractivity contribution in [3.63, 3.8) is 0 Å². The predicted molar refractivity (Wildman–Crippen MR) is 98.4 cm³/mol. The molecule has 0 saturated carbocycles. The van der Waals surface area contributed by atoms with E-state index in [1.807, 2.05) is 0 Å². The van der Waals surface area contributed by atoms with Crippen LogP contribution in [0.4, 0.5) is 13.2 Å². The van der Waals surface area contributed by atoms with Crippen molar-refractivity contribution in [3.8, 4) is 11.5 Å². The summed E-state index contributed by atoms with van der Waals surface area (Å²) in [4.78, 5) is 18.1. The Morgan fingerprint density at radius 2 is 1.96 bits per heavy atom. The van der Waals surface area contributed by atoms with Gasteiger partial charge in [-0.05, 0) is 51.5 Å². The summed E-state index contributed by atoms with van der Waals surface area (Å²) in [5.41, 5.74) is 0.541. The Balaban J connectivity index is 1.74. The first-order chi connectivity index (χ1) is 13.1. The fourth-order valence-electron chi connectivity index (χ4n) is 3.25. The molecule has 28 heavy (non-hydrogen) atoms. The Hall–Kier alpha value is -2.35. The van der Waals surface area contributed by atoms with Crippen LogP contribution in [-0.2, 0) is 17.5 Å². The molecule has 152 valence electrons. The zero-order valence-corrected chi connectivity index (χ0v) is 16.1. The second kappa shape index (κ2) is 7.95. The standard InChI is InChI=1S/C20H24F3N3O2/c1-12(2)26(10-16-8-9-18(27)24-16)11-17-13(3)28-19(25-17)14-4-6-15(7-5-14)20(21,22)23/h4-7,12,16H,8-11H2,1-3H3,(H,24,27)/t16-/m1/s1. The zero-order chi connectivity index (χ0) is 20.5. The number of nitrogens with one attached hydrogen (secondary N) is 1. The first-order valence-electron chi connectivity index (χ1n) is 9.31. The molecule has 3 rings (SSSR count). The molecular formula is C20H24F3N3O2. The summed E-state index contributed by atoms with van der Waals surface area (Å²) in [7, 11) is 0. The van der Waals surface area contributed by atoms with Gasteiger partial charge in [0.2, 0.25) is 11.8 Å². The second-order valence-electron chi connectivity index (χ2n) is 7.42. The van der Waals surface area contributed by atoms with E-state index in [1.165, 1.54) is 12.1 Å². The van der Waals surface area contributed by atoms with Gasteiger partial charge < -0.3 is 9.73 Å². The van der Waals surface area contributed by atoms with Crippen LogP contribution in [0.5, 0.6) is 0 Å². The molecule has 1 aliphatic heterocycles. The van der Waals surface area contributed by atoms with Crippen molar-refractivity contribution in [2.24, 2.45) is 0 Å². The SMILES string of the molecule is Cc1oc(-c2ccc(C(F)(F)F)cc2)nc1CN(C[C@H]1CCC(=O)N1)C(C)C. The number of halogens is 3. The molecule has 2 aromatic rings. The highest BCUT2D eigenvalue weighted by Gasteiger charge is 2.30. The molecule has 1 aromatic carbocycles. The van der Waals surface area contributed by atoms with E-state index in [4.69, 9.17) is 4.42 Å². The Kier molecular flexibility index (Phi) is 5.79. The maximum Gasteiger partial charge on any atom is 0.416 e. The number of amides is 1. The van der Waals surface area contributed by atoms with E-state index in [0.29, 0.717) is 36.7 Å². The Bertz CT molecular complexity index is 828. The van der Waals surface area contributed by atoms with Gasteiger partial charge in [-0.15, -0.1) is 0 Å². The van der Waals surface area contributed by atoms with E-state index in [0.717, 1.165) is 24.2 Å². The molecule has 1 N–H and O–H groups in total. The molecule has 0 radical (unpaired) electrons. The highest BCUT2D eigenvalue weighted by atomic mass is 19.4. The second-order valence-corrected chi connectivity index (χ2v) is 7.42.